The van der Waals surface area contributed by atoms with Crippen LogP contribution in [-0.4, -0.2) is 55.0 Å². The molecule has 1 atom stereocenters. The van der Waals surface area contributed by atoms with Crippen LogP contribution in [0, 0.1) is 0 Å². The number of nitrogens with zero attached hydrogens (tertiary/aromatic N) is 4. The maximum atomic E-state index is 13.3. The number of carbonyl (C=O) groups is 4. The monoisotopic (exact) mass is 573 g/mol. The maximum absolute atomic E-state index is 13.3. The van der Waals surface area contributed by atoms with Crippen LogP contribution in [0.5, 0.6) is 0 Å². The van der Waals surface area contributed by atoms with Gasteiger partial charge in [0.2, 0.25) is 11.7 Å². The van der Waals surface area contributed by atoms with E-state index in [9.17, 15) is 19.2 Å². The van der Waals surface area contributed by atoms with Gasteiger partial charge in [-0.2, -0.15) is 4.68 Å². The Labute approximate surface area is 236 Å². The second-order valence-electron chi connectivity index (χ2n) is 8.74. The lowest BCUT2D eigenvalue weighted by molar-refractivity contribution is -0.137. The highest BCUT2D eigenvalue weighted by molar-refractivity contribution is 6.40. The standard InChI is InChI=1S/C27H20ClN7O6/c28-17-6-8-21(35-14-29-33-34-35)19(13-17)31-25(37)26(38)32-20(10-15-4-2-1-3-5-15)24(36)30-18-7-9-22-16(11-18)12-23(41-22)27(39)40/h1-9,11-14,20H,10H2,(H,30,36)(H,31,37)(H,32,38)(H,39,40)/t20-/m0/s1. The lowest BCUT2D eigenvalue weighted by Crippen LogP contribution is -2.49. The summed E-state index contributed by atoms with van der Waals surface area (Å²) in [4.78, 5) is 50.4. The summed E-state index contributed by atoms with van der Waals surface area (Å²) in [6.45, 7) is 0. The summed E-state index contributed by atoms with van der Waals surface area (Å²) in [6, 6.07) is 18.3. The number of carbonyl (C=O) groups excluding carboxylic acids is 3. The van der Waals surface area contributed by atoms with Crippen LogP contribution in [0.15, 0.2) is 83.5 Å². The van der Waals surface area contributed by atoms with Crippen LogP contribution in [-0.2, 0) is 20.8 Å². The quantitative estimate of drug-likeness (QED) is 0.203. The maximum Gasteiger partial charge on any atom is 0.371 e. The van der Waals surface area contributed by atoms with Crippen molar-refractivity contribution in [1.29, 1.82) is 0 Å². The van der Waals surface area contributed by atoms with Gasteiger partial charge in [0.1, 0.15) is 18.0 Å². The van der Waals surface area contributed by atoms with Gasteiger partial charge < -0.3 is 25.5 Å². The number of tetrazole rings is 1. The molecule has 0 bridgehead atoms. The van der Waals surface area contributed by atoms with E-state index in [2.05, 4.69) is 31.5 Å². The first-order valence-corrected chi connectivity index (χ1v) is 12.4. The van der Waals surface area contributed by atoms with E-state index >= 15 is 0 Å². The Morgan fingerprint density at radius 1 is 0.951 bits per heavy atom. The molecule has 0 aliphatic heterocycles. The van der Waals surface area contributed by atoms with Crippen molar-refractivity contribution in [3.05, 3.63) is 95.5 Å². The van der Waals surface area contributed by atoms with Crippen molar-refractivity contribution in [1.82, 2.24) is 25.5 Å². The van der Waals surface area contributed by atoms with E-state index in [0.29, 0.717) is 27.4 Å². The zero-order chi connectivity index (χ0) is 28.9. The third-order valence-electron chi connectivity index (χ3n) is 5.91. The molecular weight excluding hydrogens is 554 g/mol. The number of carboxylic acid groups (broad SMARTS) is 1. The predicted octanol–water partition coefficient (Wildman–Crippen LogP) is 3.06. The van der Waals surface area contributed by atoms with Crippen molar-refractivity contribution >= 4 is 57.6 Å². The molecule has 41 heavy (non-hydrogen) atoms. The molecule has 0 unspecified atom stereocenters. The Morgan fingerprint density at radius 3 is 2.49 bits per heavy atom. The van der Waals surface area contributed by atoms with Crippen molar-refractivity contribution in [3.8, 4) is 5.69 Å². The van der Waals surface area contributed by atoms with Gasteiger partial charge in [0.25, 0.3) is 0 Å². The van der Waals surface area contributed by atoms with Crippen molar-refractivity contribution in [2.75, 3.05) is 10.6 Å². The molecule has 0 saturated carbocycles. The van der Waals surface area contributed by atoms with Crippen LogP contribution in [0.4, 0.5) is 11.4 Å². The van der Waals surface area contributed by atoms with E-state index in [-0.39, 0.29) is 17.9 Å². The van der Waals surface area contributed by atoms with Crippen LogP contribution in [0.3, 0.4) is 0 Å². The number of carboxylic acids is 1. The third kappa shape index (κ3) is 6.37. The number of furan rings is 1. The lowest BCUT2D eigenvalue weighted by atomic mass is 10.0. The normalized spacial score (nSPS) is 11.5. The molecular formula is C27H20ClN7O6. The van der Waals surface area contributed by atoms with E-state index in [1.165, 1.54) is 41.3 Å². The van der Waals surface area contributed by atoms with Gasteiger partial charge in [0.15, 0.2) is 0 Å². The zero-order valence-corrected chi connectivity index (χ0v) is 21.7. The zero-order valence-electron chi connectivity index (χ0n) is 20.9. The molecule has 206 valence electrons. The summed E-state index contributed by atoms with van der Waals surface area (Å²) in [5, 5.41) is 28.5. The summed E-state index contributed by atoms with van der Waals surface area (Å²) in [5.74, 6) is -4.19. The molecule has 3 aromatic carbocycles. The number of anilines is 2. The molecule has 14 heteroatoms. The number of aromatic nitrogens is 4. The number of nitrogens with one attached hydrogen (secondary N) is 3. The second-order valence-corrected chi connectivity index (χ2v) is 9.18. The number of benzene rings is 3. The van der Waals surface area contributed by atoms with Crippen molar-refractivity contribution in [2.24, 2.45) is 0 Å². The fraction of sp³-hybridized carbons (Fsp3) is 0.0741. The van der Waals surface area contributed by atoms with Crippen LogP contribution in [0.1, 0.15) is 16.1 Å². The van der Waals surface area contributed by atoms with E-state index in [1.54, 1.807) is 36.4 Å². The van der Waals surface area contributed by atoms with E-state index in [1.807, 2.05) is 6.07 Å². The van der Waals surface area contributed by atoms with Gasteiger partial charge in [0.05, 0.1) is 11.4 Å². The summed E-state index contributed by atoms with van der Waals surface area (Å²) in [7, 11) is 0. The molecule has 0 fully saturated rings. The minimum atomic E-state index is -1.22. The highest BCUT2D eigenvalue weighted by atomic mass is 35.5. The third-order valence-corrected chi connectivity index (χ3v) is 6.14. The first-order chi connectivity index (χ1) is 19.8. The van der Waals surface area contributed by atoms with Crippen LogP contribution in [0.2, 0.25) is 5.02 Å². The molecule has 3 amide bonds. The molecule has 0 spiro atoms. The van der Waals surface area contributed by atoms with E-state index in [0.717, 1.165) is 5.56 Å². The van der Waals surface area contributed by atoms with Crippen LogP contribution in [0.25, 0.3) is 16.7 Å². The van der Waals surface area contributed by atoms with Gasteiger partial charge in [-0.15, -0.1) is 5.10 Å². The van der Waals surface area contributed by atoms with E-state index in [4.69, 9.17) is 21.1 Å². The first kappa shape index (κ1) is 27.0. The molecule has 5 aromatic rings. The number of fused-ring (bicyclic) bond motifs is 1. The molecule has 4 N–H and O–H groups in total. The second kappa shape index (κ2) is 11.7. The Balaban J connectivity index is 1.34. The van der Waals surface area contributed by atoms with E-state index < -0.39 is 29.7 Å². The molecule has 0 aliphatic carbocycles. The largest absolute Gasteiger partial charge is 0.475 e. The minimum absolute atomic E-state index is 0.0792. The predicted molar refractivity (Wildman–Crippen MR) is 147 cm³/mol. The van der Waals surface area contributed by atoms with Gasteiger partial charge in [0, 0.05) is 22.5 Å². The lowest BCUT2D eigenvalue weighted by Gasteiger charge is -2.19. The molecule has 13 nitrogen and oxygen atoms in total. The molecule has 0 aliphatic rings. The first-order valence-electron chi connectivity index (χ1n) is 12.0. The topological polar surface area (TPSA) is 181 Å². The SMILES string of the molecule is O=C(Nc1cc(Cl)ccc1-n1cnnn1)C(=O)N[C@@H](Cc1ccccc1)C(=O)Nc1ccc2oc(C(=O)O)cc2c1. The molecule has 2 aromatic heterocycles. The van der Waals surface area contributed by atoms with Crippen molar-refractivity contribution in [2.45, 2.75) is 12.5 Å². The highest BCUT2D eigenvalue weighted by Gasteiger charge is 2.26. The van der Waals surface area contributed by atoms with Gasteiger partial charge in [-0.05, 0) is 58.5 Å². The fourth-order valence-electron chi connectivity index (χ4n) is 4.00. The number of halogens is 1. The summed E-state index contributed by atoms with van der Waals surface area (Å²) in [6.07, 6.45) is 1.39. The molecule has 0 radical (unpaired) electrons. The Hall–Kier alpha value is -5.56. The molecule has 5 rings (SSSR count). The molecule has 2 heterocycles. The number of hydrogen-bond acceptors (Lipinski definition) is 8. The van der Waals surface area contributed by atoms with Gasteiger partial charge >= 0.3 is 17.8 Å². The number of aromatic carboxylic acids is 1. The Kier molecular flexibility index (Phi) is 7.69. The van der Waals surface area contributed by atoms with Gasteiger partial charge in [-0.3, -0.25) is 14.4 Å². The minimum Gasteiger partial charge on any atom is -0.475 e. The fourth-order valence-corrected chi connectivity index (χ4v) is 4.17. The smallest absolute Gasteiger partial charge is 0.371 e. The highest BCUT2D eigenvalue weighted by Crippen LogP contribution is 2.25. The number of amides is 3. The summed E-state index contributed by atoms with van der Waals surface area (Å²) >= 11 is 6.09. The van der Waals surface area contributed by atoms with Crippen molar-refractivity contribution in [3.63, 3.8) is 0 Å². The van der Waals surface area contributed by atoms with Gasteiger partial charge in [-0.25, -0.2) is 4.79 Å². The average molecular weight is 574 g/mol. The van der Waals surface area contributed by atoms with Gasteiger partial charge in [-0.1, -0.05) is 41.9 Å². The number of rotatable bonds is 8. The van der Waals surface area contributed by atoms with Crippen LogP contribution >= 0.6 is 11.6 Å². The summed E-state index contributed by atoms with van der Waals surface area (Å²) in [5.41, 5.74) is 1.93. The molecule has 0 saturated heterocycles. The summed E-state index contributed by atoms with van der Waals surface area (Å²) < 4.78 is 6.53. The Morgan fingerprint density at radius 2 is 1.76 bits per heavy atom. The average Bonchev–Trinajstić information content (AvgIpc) is 3.64. The van der Waals surface area contributed by atoms with Crippen LogP contribution < -0.4 is 16.0 Å². The number of hydrogen-bond donors (Lipinski definition) is 4. The van der Waals surface area contributed by atoms with Crippen molar-refractivity contribution < 1.29 is 28.7 Å². The Bertz CT molecular complexity index is 1750.